The molecule has 1 aromatic heterocycles. The molecule has 1 amide bonds. The molecule has 1 heterocycles. The van der Waals surface area contributed by atoms with E-state index in [4.69, 9.17) is 0 Å². The number of pyridine rings is 1. The molecule has 0 saturated heterocycles. The Morgan fingerprint density at radius 1 is 1.00 bits per heavy atom. The standard InChI is InChI=1S/C32H35N5O3/c1-32(2,3)37(31(39)40)16-4-13-34-21-30(38)26-9-8-24-17-22(5-7-25(24)19-26)11-14-35-29-12-15-36-28-10-6-23(20-33)18-27(28)29/h5-10,12,15,17-19,34H,4,11,13-14,16,21H2,1-3H3,(H,35,36)(H,39,40). The van der Waals surface area contributed by atoms with Crippen molar-refractivity contribution in [2.24, 2.45) is 0 Å². The zero-order valence-electron chi connectivity index (χ0n) is 23.2. The fourth-order valence-electron chi connectivity index (χ4n) is 4.72. The summed E-state index contributed by atoms with van der Waals surface area (Å²) in [6.07, 6.45) is 2.28. The van der Waals surface area contributed by atoms with Crippen LogP contribution >= 0.6 is 0 Å². The van der Waals surface area contributed by atoms with Crippen molar-refractivity contribution in [3.63, 3.8) is 0 Å². The SMILES string of the molecule is CC(C)(C)N(CCCNCC(=O)c1ccc2cc(CCNc3ccnc4ccc(C#N)cc34)ccc2c1)C(=O)O. The molecule has 40 heavy (non-hydrogen) atoms. The first-order valence-electron chi connectivity index (χ1n) is 13.5. The van der Waals surface area contributed by atoms with E-state index in [1.807, 2.05) is 63.2 Å². The summed E-state index contributed by atoms with van der Waals surface area (Å²) in [6, 6.07) is 21.6. The second-order valence-electron chi connectivity index (χ2n) is 10.8. The summed E-state index contributed by atoms with van der Waals surface area (Å²) in [5, 5.41) is 28.2. The van der Waals surface area contributed by atoms with Crippen LogP contribution in [0, 0.1) is 11.3 Å². The lowest BCUT2D eigenvalue weighted by Crippen LogP contribution is -2.46. The van der Waals surface area contributed by atoms with Crippen LogP contribution in [0.1, 0.15) is 48.7 Å². The van der Waals surface area contributed by atoms with E-state index in [0.29, 0.717) is 30.6 Å². The van der Waals surface area contributed by atoms with Gasteiger partial charge in [0.1, 0.15) is 0 Å². The minimum atomic E-state index is -0.934. The third kappa shape index (κ3) is 7.13. The number of ketones is 1. The van der Waals surface area contributed by atoms with E-state index in [1.54, 1.807) is 12.3 Å². The predicted molar refractivity (Wildman–Crippen MR) is 159 cm³/mol. The number of rotatable bonds is 11. The average Bonchev–Trinajstić information content (AvgIpc) is 2.93. The van der Waals surface area contributed by atoms with Crippen molar-refractivity contribution >= 4 is 39.2 Å². The van der Waals surface area contributed by atoms with Crippen LogP contribution in [0.4, 0.5) is 10.5 Å². The maximum absolute atomic E-state index is 12.7. The number of carbonyl (C=O) groups is 2. The minimum Gasteiger partial charge on any atom is -0.465 e. The lowest BCUT2D eigenvalue weighted by Gasteiger charge is -2.33. The van der Waals surface area contributed by atoms with Crippen LogP contribution in [-0.2, 0) is 6.42 Å². The highest BCUT2D eigenvalue weighted by atomic mass is 16.4. The highest BCUT2D eigenvalue weighted by Crippen LogP contribution is 2.23. The Kier molecular flexibility index (Phi) is 8.97. The first kappa shape index (κ1) is 28.5. The van der Waals surface area contributed by atoms with E-state index < -0.39 is 11.6 Å². The number of benzene rings is 3. The number of anilines is 1. The van der Waals surface area contributed by atoms with Crippen LogP contribution in [0.5, 0.6) is 0 Å². The Balaban J connectivity index is 1.29. The maximum atomic E-state index is 12.7. The Bertz CT molecular complexity index is 1570. The van der Waals surface area contributed by atoms with E-state index in [9.17, 15) is 20.0 Å². The predicted octanol–water partition coefficient (Wildman–Crippen LogP) is 5.86. The van der Waals surface area contributed by atoms with Gasteiger partial charge >= 0.3 is 6.09 Å². The quantitative estimate of drug-likeness (QED) is 0.162. The zero-order chi connectivity index (χ0) is 28.7. The van der Waals surface area contributed by atoms with Gasteiger partial charge in [0, 0.05) is 41.5 Å². The summed E-state index contributed by atoms with van der Waals surface area (Å²) in [4.78, 5) is 30.0. The molecule has 3 aromatic carbocycles. The summed E-state index contributed by atoms with van der Waals surface area (Å²) in [7, 11) is 0. The Morgan fingerprint density at radius 2 is 1.77 bits per heavy atom. The number of nitrogens with zero attached hydrogens (tertiary/aromatic N) is 3. The third-order valence-corrected chi connectivity index (χ3v) is 6.89. The Hall–Kier alpha value is -4.48. The second kappa shape index (κ2) is 12.6. The smallest absolute Gasteiger partial charge is 0.407 e. The molecule has 4 aromatic rings. The summed E-state index contributed by atoms with van der Waals surface area (Å²) in [6.45, 7) is 7.51. The molecular formula is C32H35N5O3. The topological polar surface area (TPSA) is 118 Å². The zero-order valence-corrected chi connectivity index (χ0v) is 23.2. The molecule has 0 unspecified atom stereocenters. The molecule has 0 atom stereocenters. The molecule has 0 aliphatic heterocycles. The van der Waals surface area contributed by atoms with Crippen molar-refractivity contribution in [3.8, 4) is 6.07 Å². The van der Waals surface area contributed by atoms with Crippen molar-refractivity contribution in [1.82, 2.24) is 15.2 Å². The largest absolute Gasteiger partial charge is 0.465 e. The molecule has 4 rings (SSSR count). The van der Waals surface area contributed by atoms with Gasteiger partial charge in [0.15, 0.2) is 5.78 Å². The van der Waals surface area contributed by atoms with E-state index >= 15 is 0 Å². The molecule has 0 aliphatic carbocycles. The first-order chi connectivity index (χ1) is 19.2. The number of hydrogen-bond acceptors (Lipinski definition) is 6. The van der Waals surface area contributed by atoms with Gasteiger partial charge in [-0.1, -0.05) is 30.3 Å². The molecule has 8 heteroatoms. The molecule has 0 spiro atoms. The maximum Gasteiger partial charge on any atom is 0.407 e. The fraction of sp³-hybridized carbons (Fsp3) is 0.312. The van der Waals surface area contributed by atoms with Crippen LogP contribution < -0.4 is 10.6 Å². The molecular weight excluding hydrogens is 502 g/mol. The Labute approximate surface area is 234 Å². The monoisotopic (exact) mass is 537 g/mol. The van der Waals surface area contributed by atoms with Crippen molar-refractivity contribution in [2.45, 2.75) is 39.2 Å². The number of aromatic nitrogens is 1. The first-order valence-corrected chi connectivity index (χ1v) is 13.5. The van der Waals surface area contributed by atoms with E-state index in [0.717, 1.165) is 40.3 Å². The molecule has 0 fully saturated rings. The number of amides is 1. The van der Waals surface area contributed by atoms with Gasteiger partial charge < -0.3 is 20.6 Å². The Morgan fingerprint density at radius 3 is 2.52 bits per heavy atom. The van der Waals surface area contributed by atoms with Crippen LogP contribution in [0.15, 0.2) is 66.9 Å². The summed E-state index contributed by atoms with van der Waals surface area (Å²) in [5.74, 6) is 0.00483. The molecule has 3 N–H and O–H groups in total. The highest BCUT2D eigenvalue weighted by Gasteiger charge is 2.25. The number of carbonyl (C=O) groups excluding carboxylic acids is 1. The number of Topliss-reactive ketones (excluding diaryl/α,β-unsaturated/α-hetero) is 1. The van der Waals surface area contributed by atoms with Crippen molar-refractivity contribution in [3.05, 3.63) is 83.6 Å². The number of fused-ring (bicyclic) bond motifs is 2. The highest BCUT2D eigenvalue weighted by molar-refractivity contribution is 6.01. The van der Waals surface area contributed by atoms with Crippen LogP contribution in [-0.4, -0.2) is 58.6 Å². The van der Waals surface area contributed by atoms with Gasteiger partial charge in [-0.2, -0.15) is 5.26 Å². The van der Waals surface area contributed by atoms with Crippen molar-refractivity contribution < 1.29 is 14.7 Å². The summed E-state index contributed by atoms with van der Waals surface area (Å²) in [5.41, 5.74) is 3.78. The molecule has 0 bridgehead atoms. The molecule has 0 radical (unpaired) electrons. The van der Waals surface area contributed by atoms with Gasteiger partial charge in [-0.3, -0.25) is 9.78 Å². The molecule has 0 saturated carbocycles. The van der Waals surface area contributed by atoms with Gasteiger partial charge in [-0.15, -0.1) is 0 Å². The second-order valence-corrected chi connectivity index (χ2v) is 10.8. The van der Waals surface area contributed by atoms with Gasteiger partial charge in [0.25, 0.3) is 0 Å². The number of nitrogens with one attached hydrogen (secondary N) is 2. The number of hydrogen-bond donors (Lipinski definition) is 3. The van der Waals surface area contributed by atoms with E-state index in [-0.39, 0.29) is 12.3 Å². The lowest BCUT2D eigenvalue weighted by molar-refractivity contribution is 0.0963. The van der Waals surface area contributed by atoms with Gasteiger partial charge in [0.05, 0.1) is 23.7 Å². The average molecular weight is 538 g/mol. The van der Waals surface area contributed by atoms with Crippen molar-refractivity contribution in [2.75, 3.05) is 31.5 Å². The van der Waals surface area contributed by atoms with Gasteiger partial charge in [-0.05, 0) is 86.8 Å². The molecule has 8 nitrogen and oxygen atoms in total. The number of nitriles is 1. The summed E-state index contributed by atoms with van der Waals surface area (Å²) >= 11 is 0. The molecule has 0 aliphatic rings. The fourth-order valence-corrected chi connectivity index (χ4v) is 4.72. The van der Waals surface area contributed by atoms with Crippen LogP contribution in [0.2, 0.25) is 0 Å². The van der Waals surface area contributed by atoms with Crippen LogP contribution in [0.3, 0.4) is 0 Å². The minimum absolute atomic E-state index is 0.00483. The summed E-state index contributed by atoms with van der Waals surface area (Å²) < 4.78 is 0. The lowest BCUT2D eigenvalue weighted by atomic mass is 10.0. The normalized spacial score (nSPS) is 11.3. The van der Waals surface area contributed by atoms with Crippen molar-refractivity contribution in [1.29, 1.82) is 5.26 Å². The van der Waals surface area contributed by atoms with Gasteiger partial charge in [-0.25, -0.2) is 4.79 Å². The van der Waals surface area contributed by atoms with Gasteiger partial charge in [0.2, 0.25) is 0 Å². The van der Waals surface area contributed by atoms with E-state index in [1.165, 1.54) is 10.5 Å². The third-order valence-electron chi connectivity index (χ3n) is 6.89. The van der Waals surface area contributed by atoms with E-state index in [2.05, 4.69) is 33.8 Å². The molecule has 206 valence electrons. The number of carboxylic acid groups (broad SMARTS) is 1. The van der Waals surface area contributed by atoms with Crippen LogP contribution in [0.25, 0.3) is 21.7 Å².